The van der Waals surface area contributed by atoms with Crippen LogP contribution in [0.4, 0.5) is 0 Å². The topological polar surface area (TPSA) is 15.3 Å². The van der Waals surface area contributed by atoms with Gasteiger partial charge in [-0.3, -0.25) is 4.90 Å². The first-order chi connectivity index (χ1) is 8.47. The van der Waals surface area contributed by atoms with Gasteiger partial charge in [-0.25, -0.2) is 0 Å². The lowest BCUT2D eigenvalue weighted by atomic mass is 10.2. The molecule has 0 aromatic carbocycles. The molecule has 0 bridgehead atoms. The van der Waals surface area contributed by atoms with Crippen LogP contribution in [0.3, 0.4) is 0 Å². The fourth-order valence-corrected chi connectivity index (χ4v) is 2.94. The zero-order valence-electron chi connectivity index (χ0n) is 12.1. The summed E-state index contributed by atoms with van der Waals surface area (Å²) in [6, 6.07) is 4.48. The Hall–Kier alpha value is -0.640. The van der Waals surface area contributed by atoms with Crippen LogP contribution in [-0.4, -0.2) is 25.0 Å². The van der Waals surface area contributed by atoms with Gasteiger partial charge in [-0.15, -0.1) is 11.3 Å². The summed E-state index contributed by atoms with van der Waals surface area (Å²) in [6.45, 7) is 14.6. The van der Waals surface area contributed by atoms with Crippen LogP contribution in [0, 0.1) is 5.92 Å². The van der Waals surface area contributed by atoms with Crippen molar-refractivity contribution in [3.05, 3.63) is 34.0 Å². The van der Waals surface area contributed by atoms with Crippen molar-refractivity contribution in [2.45, 2.75) is 33.9 Å². The first kappa shape index (κ1) is 15.4. The molecule has 0 aliphatic heterocycles. The largest absolute Gasteiger partial charge is 0.312 e. The highest BCUT2D eigenvalue weighted by Gasteiger charge is 2.04. The van der Waals surface area contributed by atoms with Gasteiger partial charge in [-0.2, -0.15) is 0 Å². The maximum Gasteiger partial charge on any atom is 0.0328 e. The van der Waals surface area contributed by atoms with Crippen LogP contribution in [0.15, 0.2) is 24.3 Å². The molecular weight excluding hydrogens is 240 g/mol. The van der Waals surface area contributed by atoms with E-state index in [0.717, 1.165) is 26.2 Å². The Balaban J connectivity index is 2.36. The van der Waals surface area contributed by atoms with Gasteiger partial charge in [-0.05, 0) is 38.6 Å². The minimum absolute atomic E-state index is 0.714. The SMILES string of the molecule is C=C(C)CN(C)Cc1ccc(CNCC(C)C)s1. The third-order valence-corrected chi connectivity index (χ3v) is 3.60. The lowest BCUT2D eigenvalue weighted by Gasteiger charge is -2.15. The van der Waals surface area contributed by atoms with Crippen LogP contribution in [0.1, 0.15) is 30.5 Å². The molecule has 0 aliphatic rings. The smallest absolute Gasteiger partial charge is 0.0328 e. The maximum atomic E-state index is 3.95. The van der Waals surface area contributed by atoms with Gasteiger partial charge < -0.3 is 5.32 Å². The molecule has 1 aromatic heterocycles. The van der Waals surface area contributed by atoms with Crippen molar-refractivity contribution in [1.29, 1.82) is 0 Å². The predicted molar refractivity (Wildman–Crippen MR) is 82.0 cm³/mol. The Morgan fingerprint density at radius 1 is 1.39 bits per heavy atom. The Kier molecular flexibility index (Phi) is 6.61. The van der Waals surface area contributed by atoms with Crippen molar-refractivity contribution in [2.24, 2.45) is 5.92 Å². The molecule has 2 nitrogen and oxygen atoms in total. The number of hydrogen-bond acceptors (Lipinski definition) is 3. The zero-order chi connectivity index (χ0) is 13.5. The van der Waals surface area contributed by atoms with Gasteiger partial charge in [-0.1, -0.05) is 26.0 Å². The van der Waals surface area contributed by atoms with Gasteiger partial charge in [0.05, 0.1) is 0 Å². The molecule has 0 amide bonds. The van der Waals surface area contributed by atoms with Gasteiger partial charge in [0.15, 0.2) is 0 Å². The second-order valence-electron chi connectivity index (χ2n) is 5.52. The average Bonchev–Trinajstić information content (AvgIpc) is 2.63. The molecule has 0 saturated heterocycles. The monoisotopic (exact) mass is 266 g/mol. The van der Waals surface area contributed by atoms with Crippen molar-refractivity contribution < 1.29 is 0 Å². The average molecular weight is 266 g/mol. The van der Waals surface area contributed by atoms with Crippen molar-refractivity contribution in [3.63, 3.8) is 0 Å². The fourth-order valence-electron chi connectivity index (χ4n) is 1.87. The molecule has 1 N–H and O–H groups in total. The summed E-state index contributed by atoms with van der Waals surface area (Å²) in [5.41, 5.74) is 1.22. The highest BCUT2D eigenvalue weighted by molar-refractivity contribution is 7.11. The van der Waals surface area contributed by atoms with E-state index in [-0.39, 0.29) is 0 Å². The third-order valence-electron chi connectivity index (χ3n) is 2.53. The molecule has 1 heterocycles. The molecule has 1 rings (SSSR count). The predicted octanol–water partition coefficient (Wildman–Crippen LogP) is 3.50. The summed E-state index contributed by atoms with van der Waals surface area (Å²) >= 11 is 1.91. The molecule has 0 fully saturated rings. The molecule has 0 atom stereocenters. The van der Waals surface area contributed by atoms with Crippen molar-refractivity contribution >= 4 is 11.3 Å². The van der Waals surface area contributed by atoms with E-state index >= 15 is 0 Å². The highest BCUT2D eigenvalue weighted by atomic mass is 32.1. The summed E-state index contributed by atoms with van der Waals surface area (Å²) in [7, 11) is 2.14. The van der Waals surface area contributed by atoms with Gasteiger partial charge >= 0.3 is 0 Å². The standard InChI is InChI=1S/C15H26N2S/c1-12(2)8-16-9-14-6-7-15(18-14)11-17(5)10-13(3)4/h6-7,12,16H,3,8-11H2,1-2,4-5H3. The Morgan fingerprint density at radius 3 is 2.67 bits per heavy atom. The molecule has 102 valence electrons. The first-order valence-electron chi connectivity index (χ1n) is 6.58. The molecule has 3 heteroatoms. The van der Waals surface area contributed by atoms with E-state index in [1.807, 2.05) is 11.3 Å². The number of rotatable bonds is 8. The van der Waals surface area contributed by atoms with E-state index in [4.69, 9.17) is 0 Å². The Morgan fingerprint density at radius 2 is 2.06 bits per heavy atom. The lowest BCUT2D eigenvalue weighted by Crippen LogP contribution is -2.19. The molecular formula is C15H26N2S. The van der Waals surface area contributed by atoms with E-state index in [2.05, 4.69) is 56.7 Å². The summed E-state index contributed by atoms with van der Waals surface area (Å²) in [6.07, 6.45) is 0. The summed E-state index contributed by atoms with van der Waals surface area (Å²) in [5.74, 6) is 0.714. The molecule has 0 aliphatic carbocycles. The van der Waals surface area contributed by atoms with Crippen LogP contribution in [-0.2, 0) is 13.1 Å². The van der Waals surface area contributed by atoms with Gasteiger partial charge in [0, 0.05) is 29.4 Å². The number of nitrogens with zero attached hydrogens (tertiary/aromatic N) is 1. The van der Waals surface area contributed by atoms with Crippen LogP contribution >= 0.6 is 11.3 Å². The second-order valence-corrected chi connectivity index (χ2v) is 6.78. The van der Waals surface area contributed by atoms with Gasteiger partial charge in [0.2, 0.25) is 0 Å². The number of likely N-dealkylation sites (N-methyl/N-ethyl adjacent to an activating group) is 1. The maximum absolute atomic E-state index is 3.95. The molecule has 1 aromatic rings. The van der Waals surface area contributed by atoms with E-state index in [1.54, 1.807) is 0 Å². The van der Waals surface area contributed by atoms with E-state index in [1.165, 1.54) is 15.3 Å². The minimum atomic E-state index is 0.714. The summed E-state index contributed by atoms with van der Waals surface area (Å²) in [5, 5.41) is 3.48. The Labute approximate surface area is 116 Å². The van der Waals surface area contributed by atoms with Crippen LogP contribution in [0.2, 0.25) is 0 Å². The zero-order valence-corrected chi connectivity index (χ0v) is 12.9. The van der Waals surface area contributed by atoms with Gasteiger partial charge in [0.25, 0.3) is 0 Å². The summed E-state index contributed by atoms with van der Waals surface area (Å²) < 4.78 is 0. The van der Waals surface area contributed by atoms with Crippen molar-refractivity contribution in [3.8, 4) is 0 Å². The van der Waals surface area contributed by atoms with E-state index < -0.39 is 0 Å². The molecule has 18 heavy (non-hydrogen) atoms. The Bertz CT molecular complexity index is 368. The third kappa shape index (κ3) is 6.34. The number of nitrogens with one attached hydrogen (secondary N) is 1. The normalized spacial score (nSPS) is 11.4. The minimum Gasteiger partial charge on any atom is -0.312 e. The van der Waals surface area contributed by atoms with Crippen molar-refractivity contribution in [2.75, 3.05) is 20.1 Å². The first-order valence-corrected chi connectivity index (χ1v) is 7.40. The van der Waals surface area contributed by atoms with Crippen LogP contribution in [0.5, 0.6) is 0 Å². The number of thiophene rings is 1. The molecule has 0 spiro atoms. The molecule has 0 saturated carbocycles. The number of hydrogen-bond donors (Lipinski definition) is 1. The molecule has 0 radical (unpaired) electrons. The quantitative estimate of drug-likeness (QED) is 0.725. The van der Waals surface area contributed by atoms with Crippen LogP contribution < -0.4 is 5.32 Å². The second kappa shape index (κ2) is 7.72. The fraction of sp³-hybridized carbons (Fsp3) is 0.600. The van der Waals surface area contributed by atoms with Gasteiger partial charge in [0.1, 0.15) is 0 Å². The highest BCUT2D eigenvalue weighted by Crippen LogP contribution is 2.18. The van der Waals surface area contributed by atoms with E-state index in [9.17, 15) is 0 Å². The van der Waals surface area contributed by atoms with Crippen LogP contribution in [0.25, 0.3) is 0 Å². The lowest BCUT2D eigenvalue weighted by molar-refractivity contribution is 0.359. The van der Waals surface area contributed by atoms with E-state index in [0.29, 0.717) is 5.92 Å². The molecule has 0 unspecified atom stereocenters. The summed E-state index contributed by atoms with van der Waals surface area (Å²) in [4.78, 5) is 5.16. The van der Waals surface area contributed by atoms with Crippen molar-refractivity contribution in [1.82, 2.24) is 10.2 Å².